The second-order valence-corrected chi connectivity index (χ2v) is 4.65. The van der Waals surface area contributed by atoms with Crippen molar-refractivity contribution in [2.24, 2.45) is 0 Å². The Morgan fingerprint density at radius 3 is 2.33 bits per heavy atom. The molecule has 0 aliphatic rings. The van der Waals surface area contributed by atoms with Crippen LogP contribution in [0.2, 0.25) is 0 Å². The molecular weight excluding hydrogens is 286 g/mol. The Hall–Kier alpha value is -2.08. The van der Waals surface area contributed by atoms with Crippen LogP contribution in [-0.4, -0.2) is 11.7 Å². The molecule has 2 aromatic carbocycles. The maximum Gasteiger partial charge on any atom is 0.159 e. The molecule has 0 aliphatic heterocycles. The van der Waals surface area contributed by atoms with Crippen molar-refractivity contribution in [3.63, 3.8) is 0 Å². The van der Waals surface area contributed by atoms with E-state index in [9.17, 15) is 22.7 Å². The van der Waals surface area contributed by atoms with E-state index in [2.05, 4.69) is 5.32 Å². The third-order valence-electron chi connectivity index (χ3n) is 3.06. The van der Waals surface area contributed by atoms with Crippen molar-refractivity contribution in [2.45, 2.75) is 13.0 Å². The zero-order valence-electron chi connectivity index (χ0n) is 11.1. The van der Waals surface area contributed by atoms with Crippen LogP contribution < -0.4 is 5.32 Å². The molecule has 1 atom stereocenters. The monoisotopic (exact) mass is 299 g/mol. The molecule has 0 amide bonds. The molecule has 0 aliphatic carbocycles. The van der Waals surface area contributed by atoms with Gasteiger partial charge in [-0.3, -0.25) is 0 Å². The van der Waals surface area contributed by atoms with Gasteiger partial charge in [0.1, 0.15) is 11.6 Å². The van der Waals surface area contributed by atoms with Gasteiger partial charge in [-0.25, -0.2) is 17.6 Å². The topological polar surface area (TPSA) is 32.3 Å². The molecule has 2 nitrogen and oxygen atoms in total. The minimum Gasteiger partial charge on any atom is -0.387 e. The minimum absolute atomic E-state index is 0.111. The van der Waals surface area contributed by atoms with E-state index in [4.69, 9.17) is 0 Å². The van der Waals surface area contributed by atoms with E-state index >= 15 is 0 Å². The summed E-state index contributed by atoms with van der Waals surface area (Å²) in [6.07, 6.45) is -1.19. The summed E-state index contributed by atoms with van der Waals surface area (Å²) in [5.74, 6) is -3.35. The quantitative estimate of drug-likeness (QED) is 0.844. The van der Waals surface area contributed by atoms with Crippen molar-refractivity contribution >= 4 is 5.69 Å². The van der Waals surface area contributed by atoms with Gasteiger partial charge < -0.3 is 10.4 Å². The number of rotatable bonds is 4. The van der Waals surface area contributed by atoms with Crippen LogP contribution in [0.15, 0.2) is 30.3 Å². The van der Waals surface area contributed by atoms with Crippen LogP contribution in [0.1, 0.15) is 17.2 Å². The Kier molecular flexibility index (Phi) is 4.47. The van der Waals surface area contributed by atoms with Crippen LogP contribution in [0.4, 0.5) is 23.2 Å². The minimum atomic E-state index is -1.19. The summed E-state index contributed by atoms with van der Waals surface area (Å²) in [5, 5.41) is 12.4. The summed E-state index contributed by atoms with van der Waals surface area (Å²) in [4.78, 5) is 0. The van der Waals surface area contributed by atoms with Crippen LogP contribution in [0.3, 0.4) is 0 Å². The Morgan fingerprint density at radius 2 is 1.67 bits per heavy atom. The highest BCUT2D eigenvalue weighted by Crippen LogP contribution is 2.21. The van der Waals surface area contributed by atoms with Crippen molar-refractivity contribution in [3.05, 3.63) is 64.7 Å². The molecule has 1 unspecified atom stereocenters. The molecule has 0 fully saturated rings. The molecule has 2 N–H and O–H groups in total. The maximum atomic E-state index is 13.6. The fourth-order valence-corrected chi connectivity index (χ4v) is 1.83. The Labute approximate surface area is 119 Å². The Morgan fingerprint density at radius 1 is 0.952 bits per heavy atom. The number of hydrogen-bond acceptors (Lipinski definition) is 2. The SMILES string of the molecule is Cc1cc(F)c(NCC(O)c2ccc(F)c(F)c2)cc1F. The first-order valence-corrected chi connectivity index (χ1v) is 6.21. The van der Waals surface area contributed by atoms with Crippen LogP contribution in [-0.2, 0) is 0 Å². The summed E-state index contributed by atoms with van der Waals surface area (Å²) < 4.78 is 52.8. The highest BCUT2D eigenvalue weighted by Gasteiger charge is 2.13. The standard InChI is InChI=1S/C15H13F4NO/c1-8-4-13(19)14(6-11(8)17)20-7-15(21)9-2-3-10(16)12(18)5-9/h2-6,15,20-21H,7H2,1H3. The molecule has 0 bridgehead atoms. The van der Waals surface area contributed by atoms with Crippen LogP contribution >= 0.6 is 0 Å². The third-order valence-corrected chi connectivity index (χ3v) is 3.06. The van der Waals surface area contributed by atoms with Crippen molar-refractivity contribution in [1.82, 2.24) is 0 Å². The molecular formula is C15H13F4NO. The van der Waals surface area contributed by atoms with Crippen LogP contribution in [0, 0.1) is 30.2 Å². The lowest BCUT2D eigenvalue weighted by Gasteiger charge is -2.14. The summed E-state index contributed by atoms with van der Waals surface area (Å²) in [7, 11) is 0. The maximum absolute atomic E-state index is 13.6. The van der Waals surface area contributed by atoms with Gasteiger partial charge in [-0.1, -0.05) is 6.07 Å². The fraction of sp³-hybridized carbons (Fsp3) is 0.200. The van der Waals surface area contributed by atoms with Crippen molar-refractivity contribution in [2.75, 3.05) is 11.9 Å². The van der Waals surface area contributed by atoms with E-state index in [1.54, 1.807) is 0 Å². The summed E-state index contributed by atoms with van der Waals surface area (Å²) in [6, 6.07) is 4.97. The predicted octanol–water partition coefficient (Wildman–Crippen LogP) is 3.70. The summed E-state index contributed by atoms with van der Waals surface area (Å²) in [5.41, 5.74) is 0.188. The number of benzene rings is 2. The Balaban J connectivity index is 2.08. The summed E-state index contributed by atoms with van der Waals surface area (Å²) in [6.45, 7) is 1.25. The normalized spacial score (nSPS) is 12.3. The second kappa shape index (κ2) is 6.13. The lowest BCUT2D eigenvalue weighted by atomic mass is 10.1. The first-order valence-electron chi connectivity index (χ1n) is 6.21. The number of aliphatic hydroxyl groups excluding tert-OH is 1. The van der Waals surface area contributed by atoms with Gasteiger partial charge >= 0.3 is 0 Å². The molecule has 6 heteroatoms. The van der Waals surface area contributed by atoms with E-state index in [-0.39, 0.29) is 23.4 Å². The molecule has 21 heavy (non-hydrogen) atoms. The van der Waals surface area contributed by atoms with Gasteiger partial charge in [0.15, 0.2) is 11.6 Å². The predicted molar refractivity (Wildman–Crippen MR) is 70.9 cm³/mol. The molecule has 2 aromatic rings. The van der Waals surface area contributed by atoms with Gasteiger partial charge in [0.2, 0.25) is 0 Å². The average molecular weight is 299 g/mol. The number of halogens is 4. The van der Waals surface area contributed by atoms with Gasteiger partial charge in [-0.05, 0) is 36.2 Å². The van der Waals surface area contributed by atoms with E-state index in [0.29, 0.717) is 0 Å². The van der Waals surface area contributed by atoms with Crippen molar-refractivity contribution in [3.8, 4) is 0 Å². The van der Waals surface area contributed by atoms with Gasteiger partial charge in [-0.2, -0.15) is 0 Å². The molecule has 0 aromatic heterocycles. The number of aliphatic hydroxyl groups is 1. The Bertz CT molecular complexity index is 660. The van der Waals surface area contributed by atoms with Gasteiger partial charge in [0.05, 0.1) is 11.8 Å². The lowest BCUT2D eigenvalue weighted by Crippen LogP contribution is -2.13. The van der Waals surface area contributed by atoms with Crippen LogP contribution in [0.25, 0.3) is 0 Å². The molecule has 2 rings (SSSR count). The van der Waals surface area contributed by atoms with Crippen molar-refractivity contribution < 1.29 is 22.7 Å². The highest BCUT2D eigenvalue weighted by molar-refractivity contribution is 5.47. The van der Waals surface area contributed by atoms with Crippen molar-refractivity contribution in [1.29, 1.82) is 0 Å². The van der Waals surface area contributed by atoms with E-state index in [1.165, 1.54) is 13.0 Å². The average Bonchev–Trinajstić information content (AvgIpc) is 2.44. The number of anilines is 1. The first-order chi connectivity index (χ1) is 9.88. The molecule has 0 heterocycles. The van der Waals surface area contributed by atoms with Gasteiger partial charge in [0, 0.05) is 12.6 Å². The van der Waals surface area contributed by atoms with E-state index < -0.39 is 29.4 Å². The molecule has 0 saturated heterocycles. The smallest absolute Gasteiger partial charge is 0.159 e. The molecule has 0 spiro atoms. The first kappa shape index (κ1) is 15.3. The van der Waals surface area contributed by atoms with Crippen LogP contribution in [0.5, 0.6) is 0 Å². The summed E-state index contributed by atoms with van der Waals surface area (Å²) >= 11 is 0. The zero-order valence-corrected chi connectivity index (χ0v) is 11.1. The molecule has 112 valence electrons. The molecule has 0 saturated carbocycles. The zero-order chi connectivity index (χ0) is 15.6. The third kappa shape index (κ3) is 3.52. The fourth-order valence-electron chi connectivity index (χ4n) is 1.83. The number of nitrogens with one attached hydrogen (secondary N) is 1. The highest BCUT2D eigenvalue weighted by atomic mass is 19.2. The molecule has 0 radical (unpaired) electrons. The van der Waals surface area contributed by atoms with Gasteiger partial charge in [-0.15, -0.1) is 0 Å². The van der Waals surface area contributed by atoms with E-state index in [0.717, 1.165) is 24.3 Å². The van der Waals surface area contributed by atoms with Gasteiger partial charge in [0.25, 0.3) is 0 Å². The number of hydrogen-bond donors (Lipinski definition) is 2. The van der Waals surface area contributed by atoms with E-state index in [1.807, 2.05) is 0 Å². The number of aryl methyl sites for hydroxylation is 1. The lowest BCUT2D eigenvalue weighted by molar-refractivity contribution is 0.191. The largest absolute Gasteiger partial charge is 0.387 e. The second-order valence-electron chi connectivity index (χ2n) is 4.65.